The molecule has 0 atom stereocenters. The fraction of sp³-hybridized carbons (Fsp3) is 0.312. The lowest BCUT2D eigenvalue weighted by Crippen LogP contribution is -2.16. The van der Waals surface area contributed by atoms with Crippen LogP contribution in [0.15, 0.2) is 24.5 Å². The van der Waals surface area contributed by atoms with Gasteiger partial charge in [0.2, 0.25) is 0 Å². The smallest absolute Gasteiger partial charge is 0.275 e. The summed E-state index contributed by atoms with van der Waals surface area (Å²) in [5.41, 5.74) is 1.55. The Labute approximate surface area is 145 Å². The summed E-state index contributed by atoms with van der Waals surface area (Å²) in [5.74, 6) is 0.666. The van der Waals surface area contributed by atoms with Gasteiger partial charge in [0.25, 0.3) is 5.91 Å². The summed E-state index contributed by atoms with van der Waals surface area (Å²) in [6.45, 7) is 3.01. The third kappa shape index (κ3) is 4.56. The van der Waals surface area contributed by atoms with Crippen LogP contribution in [-0.4, -0.2) is 43.2 Å². The number of aromatic nitrogens is 2. The number of anilines is 2. The lowest BCUT2D eigenvalue weighted by molar-refractivity contribution is 0.102. The van der Waals surface area contributed by atoms with E-state index < -0.39 is 0 Å². The molecule has 24 heavy (non-hydrogen) atoms. The number of methoxy groups -OCH3 is 2. The van der Waals surface area contributed by atoms with Crippen molar-refractivity contribution < 1.29 is 14.3 Å². The van der Waals surface area contributed by atoms with Crippen LogP contribution in [0.4, 0.5) is 11.5 Å². The van der Waals surface area contributed by atoms with E-state index >= 15 is 0 Å². The first-order chi connectivity index (χ1) is 11.5. The van der Waals surface area contributed by atoms with Gasteiger partial charge in [-0.05, 0) is 18.6 Å². The highest BCUT2D eigenvalue weighted by molar-refractivity contribution is 6.31. The van der Waals surface area contributed by atoms with Gasteiger partial charge in [0, 0.05) is 24.7 Å². The molecule has 0 spiro atoms. The fourth-order valence-corrected chi connectivity index (χ4v) is 2.09. The Morgan fingerprint density at radius 3 is 2.67 bits per heavy atom. The molecule has 0 radical (unpaired) electrons. The molecule has 1 heterocycles. The highest BCUT2D eigenvalue weighted by atomic mass is 35.5. The molecule has 128 valence electrons. The van der Waals surface area contributed by atoms with E-state index in [9.17, 15) is 4.79 Å². The summed E-state index contributed by atoms with van der Waals surface area (Å²) in [7, 11) is 3.13. The molecule has 0 aliphatic heterocycles. The van der Waals surface area contributed by atoms with Gasteiger partial charge < -0.3 is 20.1 Å². The highest BCUT2D eigenvalue weighted by Gasteiger charge is 2.13. The molecule has 2 aromatic rings. The monoisotopic (exact) mass is 350 g/mol. The molecule has 2 N–H and O–H groups in total. The molecule has 1 aromatic heterocycles. The van der Waals surface area contributed by atoms with Gasteiger partial charge in [-0.3, -0.25) is 4.79 Å². The zero-order valence-electron chi connectivity index (χ0n) is 13.7. The van der Waals surface area contributed by atoms with Crippen molar-refractivity contribution in [1.29, 1.82) is 0 Å². The maximum absolute atomic E-state index is 12.3. The average molecular weight is 351 g/mol. The zero-order chi connectivity index (χ0) is 17.5. The highest BCUT2D eigenvalue weighted by Crippen LogP contribution is 2.31. The fourth-order valence-electron chi connectivity index (χ4n) is 1.93. The Bertz CT molecular complexity index is 707. The Kier molecular flexibility index (Phi) is 6.34. The molecular formula is C16H19ClN4O3. The molecule has 8 heteroatoms. The van der Waals surface area contributed by atoms with Gasteiger partial charge in [0.1, 0.15) is 17.3 Å². The number of amides is 1. The Morgan fingerprint density at radius 1 is 1.25 bits per heavy atom. The van der Waals surface area contributed by atoms with Crippen LogP contribution in [0.5, 0.6) is 5.75 Å². The Hall–Kier alpha value is -2.38. The lowest BCUT2D eigenvalue weighted by atomic mass is 10.2. The number of nitrogens with zero attached hydrogens (tertiary/aromatic N) is 2. The summed E-state index contributed by atoms with van der Waals surface area (Å²) < 4.78 is 10.2. The molecule has 0 bridgehead atoms. The summed E-state index contributed by atoms with van der Waals surface area (Å²) in [4.78, 5) is 20.6. The number of hydrogen-bond donors (Lipinski definition) is 2. The standard InChI is InChI=1S/C16H19ClN4O3/c1-10-6-12(14(24-3)7-11(10)17)21-16(22)13-8-20-15(9-19-13)18-4-5-23-2/h6-9H,4-5H2,1-3H3,(H,18,20)(H,21,22). The number of ether oxygens (including phenoxy) is 2. The number of benzene rings is 1. The third-order valence-corrected chi connectivity index (χ3v) is 3.63. The minimum atomic E-state index is -0.383. The summed E-state index contributed by atoms with van der Waals surface area (Å²) in [6, 6.07) is 3.40. The van der Waals surface area contributed by atoms with Crippen LogP contribution in [0.2, 0.25) is 5.02 Å². The lowest BCUT2D eigenvalue weighted by Gasteiger charge is -2.12. The van der Waals surface area contributed by atoms with Gasteiger partial charge in [-0.25, -0.2) is 9.97 Å². The number of nitrogens with one attached hydrogen (secondary N) is 2. The first-order valence-corrected chi connectivity index (χ1v) is 7.63. The Morgan fingerprint density at radius 2 is 2.04 bits per heavy atom. The molecular weight excluding hydrogens is 332 g/mol. The second-order valence-corrected chi connectivity index (χ2v) is 5.37. The molecule has 7 nitrogen and oxygen atoms in total. The van der Waals surface area contributed by atoms with Crippen LogP contribution in [-0.2, 0) is 4.74 Å². The molecule has 0 fully saturated rings. The SMILES string of the molecule is COCCNc1cnc(C(=O)Nc2cc(C)c(Cl)cc2OC)cn1. The number of halogens is 1. The van der Waals surface area contributed by atoms with E-state index in [2.05, 4.69) is 20.6 Å². The minimum Gasteiger partial charge on any atom is -0.495 e. The van der Waals surface area contributed by atoms with Crippen LogP contribution >= 0.6 is 11.6 Å². The summed E-state index contributed by atoms with van der Waals surface area (Å²) in [6.07, 6.45) is 2.90. The molecule has 0 unspecified atom stereocenters. The predicted molar refractivity (Wildman–Crippen MR) is 93.1 cm³/mol. The van der Waals surface area contributed by atoms with Gasteiger partial charge in [-0.1, -0.05) is 11.6 Å². The first kappa shape index (κ1) is 18.0. The number of carbonyl (C=O) groups excluding carboxylic acids is 1. The topological polar surface area (TPSA) is 85.4 Å². The van der Waals surface area contributed by atoms with Crippen molar-refractivity contribution in [2.75, 3.05) is 38.0 Å². The van der Waals surface area contributed by atoms with Gasteiger partial charge in [-0.15, -0.1) is 0 Å². The van der Waals surface area contributed by atoms with Crippen LogP contribution in [0.1, 0.15) is 16.1 Å². The van der Waals surface area contributed by atoms with Crippen molar-refractivity contribution in [2.45, 2.75) is 6.92 Å². The van der Waals surface area contributed by atoms with E-state index in [1.807, 2.05) is 6.92 Å². The number of rotatable bonds is 7. The molecule has 1 amide bonds. The molecule has 2 rings (SSSR count). The van der Waals surface area contributed by atoms with E-state index in [0.29, 0.717) is 35.4 Å². The van der Waals surface area contributed by atoms with Gasteiger partial charge in [0.05, 0.1) is 31.8 Å². The van der Waals surface area contributed by atoms with Crippen LogP contribution in [0.3, 0.4) is 0 Å². The van der Waals surface area contributed by atoms with Gasteiger partial charge in [0.15, 0.2) is 0 Å². The third-order valence-electron chi connectivity index (χ3n) is 3.23. The van der Waals surface area contributed by atoms with Gasteiger partial charge in [-0.2, -0.15) is 0 Å². The first-order valence-electron chi connectivity index (χ1n) is 7.25. The van der Waals surface area contributed by atoms with E-state index in [0.717, 1.165) is 5.56 Å². The molecule has 0 aliphatic carbocycles. The summed E-state index contributed by atoms with van der Waals surface area (Å²) in [5, 5.41) is 6.35. The summed E-state index contributed by atoms with van der Waals surface area (Å²) >= 11 is 6.06. The van der Waals surface area contributed by atoms with Crippen molar-refractivity contribution in [3.63, 3.8) is 0 Å². The molecule has 1 aromatic carbocycles. The maximum atomic E-state index is 12.3. The van der Waals surface area contributed by atoms with E-state index in [4.69, 9.17) is 21.1 Å². The number of carbonyl (C=O) groups is 1. The van der Waals surface area contributed by atoms with Crippen LogP contribution < -0.4 is 15.4 Å². The van der Waals surface area contributed by atoms with Crippen molar-refractivity contribution >= 4 is 29.0 Å². The van der Waals surface area contributed by atoms with Crippen molar-refractivity contribution in [1.82, 2.24) is 9.97 Å². The Balaban J connectivity index is 2.08. The predicted octanol–water partition coefficient (Wildman–Crippen LogP) is 2.76. The average Bonchev–Trinajstić information content (AvgIpc) is 2.58. The molecule has 0 saturated carbocycles. The minimum absolute atomic E-state index is 0.196. The van der Waals surface area contributed by atoms with Crippen molar-refractivity contribution in [3.8, 4) is 5.75 Å². The second-order valence-electron chi connectivity index (χ2n) is 4.96. The van der Waals surface area contributed by atoms with E-state index in [1.54, 1.807) is 19.2 Å². The van der Waals surface area contributed by atoms with Crippen molar-refractivity contribution in [2.24, 2.45) is 0 Å². The normalized spacial score (nSPS) is 10.3. The van der Waals surface area contributed by atoms with E-state index in [1.165, 1.54) is 19.5 Å². The molecule has 0 aliphatic rings. The van der Waals surface area contributed by atoms with Crippen LogP contribution in [0, 0.1) is 6.92 Å². The number of hydrogen-bond acceptors (Lipinski definition) is 6. The van der Waals surface area contributed by atoms with Crippen molar-refractivity contribution in [3.05, 3.63) is 40.8 Å². The zero-order valence-corrected chi connectivity index (χ0v) is 14.5. The quantitative estimate of drug-likeness (QED) is 0.747. The van der Waals surface area contributed by atoms with Crippen LogP contribution in [0.25, 0.3) is 0 Å². The van der Waals surface area contributed by atoms with E-state index in [-0.39, 0.29) is 11.6 Å². The maximum Gasteiger partial charge on any atom is 0.275 e. The second kappa shape index (κ2) is 8.47. The van der Waals surface area contributed by atoms with Gasteiger partial charge >= 0.3 is 0 Å². The largest absolute Gasteiger partial charge is 0.495 e. The number of aryl methyl sites for hydroxylation is 1. The molecule has 0 saturated heterocycles.